The first-order chi connectivity index (χ1) is 25.8. The lowest BCUT2D eigenvalue weighted by Gasteiger charge is -2.26. The molecular formula is C38H36ClF3N6O6S. The Hall–Kier alpha value is -5.61. The van der Waals surface area contributed by atoms with E-state index in [2.05, 4.69) is 15.4 Å². The summed E-state index contributed by atoms with van der Waals surface area (Å²) in [7, 11) is -0.972. The number of ether oxygens (including phenoxy) is 2. The molecule has 1 atom stereocenters. The summed E-state index contributed by atoms with van der Waals surface area (Å²) in [5, 5.41) is 7.50. The van der Waals surface area contributed by atoms with Crippen LogP contribution in [0, 0.1) is 17.5 Å². The van der Waals surface area contributed by atoms with E-state index in [1.54, 1.807) is 45.0 Å². The van der Waals surface area contributed by atoms with Crippen molar-refractivity contribution in [2.24, 2.45) is 7.05 Å². The number of nitrogens with zero attached hydrogens (tertiary/aromatic N) is 5. The molecular weight excluding hydrogens is 761 g/mol. The van der Waals surface area contributed by atoms with Crippen molar-refractivity contribution in [1.82, 2.24) is 24.6 Å². The van der Waals surface area contributed by atoms with Gasteiger partial charge >= 0.3 is 6.09 Å². The summed E-state index contributed by atoms with van der Waals surface area (Å²) in [6.07, 6.45) is -0.231. The zero-order valence-electron chi connectivity index (χ0n) is 30.5. The van der Waals surface area contributed by atoms with Gasteiger partial charge in [0.15, 0.2) is 5.82 Å². The van der Waals surface area contributed by atoms with Gasteiger partial charge in [0.1, 0.15) is 34.6 Å². The second-order valence-electron chi connectivity index (χ2n) is 13.8. The number of hydrogen-bond donors (Lipinski definition) is 1. The molecule has 0 spiro atoms. The van der Waals surface area contributed by atoms with E-state index in [9.17, 15) is 31.2 Å². The maximum absolute atomic E-state index is 14.6. The Labute approximate surface area is 319 Å². The number of fused-ring (bicyclic) bond motifs is 2. The fourth-order valence-corrected chi connectivity index (χ4v) is 7.27. The monoisotopic (exact) mass is 796 g/mol. The van der Waals surface area contributed by atoms with Crippen LogP contribution in [-0.4, -0.2) is 52.8 Å². The van der Waals surface area contributed by atoms with Gasteiger partial charge < -0.3 is 14.8 Å². The first-order valence-corrected chi connectivity index (χ1v) is 19.0. The van der Waals surface area contributed by atoms with E-state index < -0.39 is 50.8 Å². The molecule has 55 heavy (non-hydrogen) atoms. The molecule has 0 fully saturated rings. The number of aromatic nitrogens is 4. The summed E-state index contributed by atoms with van der Waals surface area (Å²) >= 11 is 6.81. The van der Waals surface area contributed by atoms with Gasteiger partial charge in [-0.1, -0.05) is 23.7 Å². The lowest BCUT2D eigenvalue weighted by atomic mass is 10.0. The van der Waals surface area contributed by atoms with E-state index in [-0.39, 0.29) is 62.7 Å². The number of benzene rings is 4. The van der Waals surface area contributed by atoms with Gasteiger partial charge in [-0.2, -0.15) is 5.10 Å². The Morgan fingerprint density at radius 1 is 0.964 bits per heavy atom. The summed E-state index contributed by atoms with van der Waals surface area (Å²) < 4.78 is 84.6. The predicted molar refractivity (Wildman–Crippen MR) is 203 cm³/mol. The van der Waals surface area contributed by atoms with Crippen LogP contribution in [0.5, 0.6) is 5.75 Å². The molecule has 0 saturated heterocycles. The number of aryl methyl sites for hydroxylation is 1. The molecule has 1 amide bonds. The molecule has 12 nitrogen and oxygen atoms in total. The highest BCUT2D eigenvalue weighted by atomic mass is 35.5. The average Bonchev–Trinajstić information content (AvgIpc) is 3.43. The highest BCUT2D eigenvalue weighted by molar-refractivity contribution is 7.92. The number of carbonyl (C=O) groups is 1. The van der Waals surface area contributed by atoms with Crippen LogP contribution < -0.4 is 19.9 Å². The summed E-state index contributed by atoms with van der Waals surface area (Å²) in [4.78, 5) is 32.6. The number of halogens is 4. The standard InChI is InChI=1S/C38H36ClF3N6O6S/c1-38(2,3)54-37(50)44-30(17-22-15-24(41)18-25(42)16-22)34-43-29-19-23(40)9-12-27(29)36(49)48(34)31-14-13-28(39)32-33(31)46(4)45-35(32)47(55(6,51)52)20-21-7-10-26(53-5)11-8-21/h7-16,18-19,30H,17,20H2,1-6H3,(H,44,50)/t30-/m0/s1. The highest BCUT2D eigenvalue weighted by Crippen LogP contribution is 2.38. The smallest absolute Gasteiger partial charge is 0.408 e. The van der Waals surface area contributed by atoms with Crippen molar-refractivity contribution in [3.63, 3.8) is 0 Å². The highest BCUT2D eigenvalue weighted by Gasteiger charge is 2.31. The van der Waals surface area contributed by atoms with Crippen LogP contribution in [0.15, 0.2) is 77.6 Å². The van der Waals surface area contributed by atoms with Gasteiger partial charge in [-0.05, 0) is 80.4 Å². The summed E-state index contributed by atoms with van der Waals surface area (Å²) in [5.74, 6) is -2.13. The fourth-order valence-electron chi connectivity index (χ4n) is 6.20. The van der Waals surface area contributed by atoms with Gasteiger partial charge in [-0.25, -0.2) is 35.7 Å². The maximum Gasteiger partial charge on any atom is 0.408 e. The molecule has 288 valence electrons. The number of hydrogen-bond acceptors (Lipinski definition) is 8. The molecule has 0 bridgehead atoms. The molecule has 0 aliphatic carbocycles. The minimum Gasteiger partial charge on any atom is -0.497 e. The number of sulfonamides is 1. The van der Waals surface area contributed by atoms with Gasteiger partial charge in [0, 0.05) is 25.6 Å². The molecule has 4 aromatic carbocycles. The van der Waals surface area contributed by atoms with E-state index in [1.807, 2.05) is 0 Å². The van der Waals surface area contributed by atoms with Crippen molar-refractivity contribution in [3.05, 3.63) is 123 Å². The van der Waals surface area contributed by atoms with Crippen LogP contribution in [0.25, 0.3) is 27.5 Å². The number of amides is 1. The average molecular weight is 797 g/mol. The molecule has 6 aromatic rings. The molecule has 2 heterocycles. The normalized spacial score (nSPS) is 12.5. The Kier molecular flexibility index (Phi) is 10.6. The van der Waals surface area contributed by atoms with Crippen molar-refractivity contribution >= 4 is 55.3 Å². The van der Waals surface area contributed by atoms with E-state index >= 15 is 0 Å². The van der Waals surface area contributed by atoms with Crippen molar-refractivity contribution in [2.75, 3.05) is 17.7 Å². The van der Waals surface area contributed by atoms with Gasteiger partial charge in [-0.3, -0.25) is 14.0 Å². The molecule has 17 heteroatoms. The molecule has 1 N–H and O–H groups in total. The maximum atomic E-state index is 14.6. The predicted octanol–water partition coefficient (Wildman–Crippen LogP) is 7.13. The van der Waals surface area contributed by atoms with Gasteiger partial charge in [0.25, 0.3) is 5.56 Å². The number of rotatable bonds is 10. The van der Waals surface area contributed by atoms with Gasteiger partial charge in [0.2, 0.25) is 10.0 Å². The zero-order chi connectivity index (χ0) is 40.0. The summed E-state index contributed by atoms with van der Waals surface area (Å²) in [6.45, 7) is 4.76. The summed E-state index contributed by atoms with van der Waals surface area (Å²) in [6, 6.07) is 14.6. The second-order valence-corrected chi connectivity index (χ2v) is 16.1. The van der Waals surface area contributed by atoms with E-state index in [0.717, 1.165) is 39.4 Å². The molecule has 0 unspecified atom stereocenters. The number of nitrogens with one attached hydrogen (secondary N) is 1. The number of carbonyl (C=O) groups excluding carboxylic acids is 1. The topological polar surface area (TPSA) is 138 Å². The Morgan fingerprint density at radius 2 is 1.64 bits per heavy atom. The number of anilines is 1. The molecule has 0 aliphatic rings. The quantitative estimate of drug-likeness (QED) is 0.155. The molecule has 0 radical (unpaired) electrons. The van der Waals surface area contributed by atoms with Crippen LogP contribution >= 0.6 is 11.6 Å². The Bertz CT molecular complexity index is 2610. The number of methoxy groups -OCH3 is 1. The Balaban J connectivity index is 1.63. The molecule has 6 rings (SSSR count). The first kappa shape index (κ1) is 39.1. The van der Waals surface area contributed by atoms with Crippen LogP contribution in [0.4, 0.5) is 23.8 Å². The first-order valence-electron chi connectivity index (χ1n) is 16.8. The molecule has 2 aromatic heterocycles. The van der Waals surface area contributed by atoms with Crippen molar-refractivity contribution in [1.29, 1.82) is 0 Å². The van der Waals surface area contributed by atoms with Crippen molar-refractivity contribution < 1.29 is 35.9 Å². The van der Waals surface area contributed by atoms with Crippen LogP contribution in [-0.2, 0) is 34.8 Å². The van der Waals surface area contributed by atoms with E-state index in [0.29, 0.717) is 17.4 Å². The third-order valence-corrected chi connectivity index (χ3v) is 9.90. The second kappa shape index (κ2) is 14.9. The minimum atomic E-state index is -4.01. The third-order valence-electron chi connectivity index (χ3n) is 8.48. The lowest BCUT2D eigenvalue weighted by Crippen LogP contribution is -2.39. The van der Waals surface area contributed by atoms with Crippen LogP contribution in [0.1, 0.15) is 43.8 Å². The lowest BCUT2D eigenvalue weighted by molar-refractivity contribution is 0.0500. The Morgan fingerprint density at radius 3 is 2.25 bits per heavy atom. The fraction of sp³-hybridized carbons (Fsp3) is 0.263. The SMILES string of the molecule is COc1ccc(CN(c2nn(C)c3c(-n4c([C@H](Cc5cc(F)cc(F)c5)NC(=O)OC(C)(C)C)nc5cc(F)ccc5c4=O)ccc(Cl)c23)S(C)(=O)=O)cc1. The molecule has 0 saturated carbocycles. The minimum absolute atomic E-state index is 0.0132. The van der Waals surface area contributed by atoms with E-state index in [4.69, 9.17) is 21.1 Å². The van der Waals surface area contributed by atoms with Gasteiger partial charge in [-0.15, -0.1) is 0 Å². The van der Waals surface area contributed by atoms with Gasteiger partial charge in [0.05, 0.1) is 58.5 Å². The van der Waals surface area contributed by atoms with Crippen LogP contribution in [0.2, 0.25) is 5.02 Å². The summed E-state index contributed by atoms with van der Waals surface area (Å²) in [5.41, 5.74) is -0.785. The zero-order valence-corrected chi connectivity index (χ0v) is 32.1. The third kappa shape index (κ3) is 8.39. The van der Waals surface area contributed by atoms with Crippen LogP contribution in [0.3, 0.4) is 0 Å². The largest absolute Gasteiger partial charge is 0.497 e. The van der Waals surface area contributed by atoms with Crippen molar-refractivity contribution in [2.45, 2.75) is 45.4 Å². The number of alkyl carbamates (subject to hydrolysis) is 1. The molecule has 0 aliphatic heterocycles. The van der Waals surface area contributed by atoms with Crippen molar-refractivity contribution in [3.8, 4) is 11.4 Å². The van der Waals surface area contributed by atoms with E-state index in [1.165, 1.54) is 37.0 Å².